The summed E-state index contributed by atoms with van der Waals surface area (Å²) in [5.74, 6) is -1.05. The largest absolute Gasteiger partial charge is 0.463 e. The number of nitrogens with zero attached hydrogens (tertiary/aromatic N) is 2. The molecule has 0 fully saturated rings. The van der Waals surface area contributed by atoms with Crippen molar-refractivity contribution in [3.05, 3.63) is 90.1 Å². The number of esters is 1. The van der Waals surface area contributed by atoms with Crippen LogP contribution in [0.15, 0.2) is 77.7 Å². The summed E-state index contributed by atoms with van der Waals surface area (Å²) in [6.45, 7) is 0.324. The van der Waals surface area contributed by atoms with Crippen LogP contribution < -0.4 is 5.32 Å². The van der Waals surface area contributed by atoms with Crippen molar-refractivity contribution in [2.24, 2.45) is 7.05 Å². The molecule has 7 nitrogen and oxygen atoms in total. The summed E-state index contributed by atoms with van der Waals surface area (Å²) >= 11 is 0. The van der Waals surface area contributed by atoms with Crippen molar-refractivity contribution in [1.82, 2.24) is 14.9 Å². The van der Waals surface area contributed by atoms with E-state index in [1.807, 2.05) is 30.3 Å². The molecule has 0 saturated heterocycles. The zero-order valence-electron chi connectivity index (χ0n) is 15.7. The fourth-order valence-electron chi connectivity index (χ4n) is 3.10. The molecule has 0 aliphatic carbocycles. The quantitative estimate of drug-likeness (QED) is 0.511. The highest BCUT2D eigenvalue weighted by atomic mass is 16.5. The van der Waals surface area contributed by atoms with Gasteiger partial charge in [-0.2, -0.15) is 0 Å². The number of fused-ring (bicyclic) bond motifs is 1. The Hall–Kier alpha value is -3.87. The highest BCUT2D eigenvalue weighted by Crippen LogP contribution is 2.23. The maximum atomic E-state index is 12.8. The molecule has 29 heavy (non-hydrogen) atoms. The maximum absolute atomic E-state index is 12.8. The molecular weight excluding hydrogens is 370 g/mol. The first-order chi connectivity index (χ1) is 14.1. The van der Waals surface area contributed by atoms with Gasteiger partial charge in [-0.1, -0.05) is 36.4 Å². The van der Waals surface area contributed by atoms with Crippen molar-refractivity contribution in [3.63, 3.8) is 0 Å². The summed E-state index contributed by atoms with van der Waals surface area (Å²) in [4.78, 5) is 29.7. The number of furan rings is 1. The van der Waals surface area contributed by atoms with Crippen LogP contribution in [0.3, 0.4) is 0 Å². The van der Waals surface area contributed by atoms with Crippen molar-refractivity contribution >= 4 is 23.0 Å². The lowest BCUT2D eigenvalue weighted by atomic mass is 10.1. The van der Waals surface area contributed by atoms with Gasteiger partial charge in [-0.25, -0.2) is 4.79 Å². The monoisotopic (exact) mass is 389 g/mol. The van der Waals surface area contributed by atoms with E-state index in [1.165, 1.54) is 6.20 Å². The molecule has 0 spiro atoms. The van der Waals surface area contributed by atoms with Crippen LogP contribution in [0.1, 0.15) is 27.7 Å². The van der Waals surface area contributed by atoms with Gasteiger partial charge in [-0.15, -0.1) is 0 Å². The van der Waals surface area contributed by atoms with Gasteiger partial charge < -0.3 is 19.0 Å². The van der Waals surface area contributed by atoms with Crippen LogP contribution in [0.25, 0.3) is 11.1 Å². The van der Waals surface area contributed by atoms with Gasteiger partial charge in [-0.05, 0) is 11.6 Å². The average molecular weight is 389 g/mol. The number of carbonyl (C=O) groups is 2. The molecule has 4 rings (SSSR count). The lowest BCUT2D eigenvalue weighted by Gasteiger charge is -2.18. The van der Waals surface area contributed by atoms with Crippen LogP contribution in [0.4, 0.5) is 0 Å². The molecular formula is C22H19N3O4. The van der Waals surface area contributed by atoms with E-state index in [0.29, 0.717) is 23.4 Å². The number of ether oxygens (including phenoxy) is 1. The summed E-state index contributed by atoms with van der Waals surface area (Å²) in [6, 6.07) is 16.3. The predicted octanol–water partition coefficient (Wildman–Crippen LogP) is 3.38. The first-order valence-corrected chi connectivity index (χ1v) is 9.09. The van der Waals surface area contributed by atoms with E-state index in [4.69, 9.17) is 9.15 Å². The third kappa shape index (κ3) is 3.89. The minimum atomic E-state index is -1.12. The van der Waals surface area contributed by atoms with Crippen molar-refractivity contribution in [1.29, 1.82) is 0 Å². The molecule has 0 radical (unpaired) electrons. The molecule has 1 aromatic carbocycles. The van der Waals surface area contributed by atoms with Gasteiger partial charge in [0.25, 0.3) is 5.91 Å². The van der Waals surface area contributed by atoms with Gasteiger partial charge >= 0.3 is 5.97 Å². The number of pyridine rings is 1. The molecule has 4 aromatic rings. The van der Waals surface area contributed by atoms with E-state index in [2.05, 4.69) is 10.3 Å². The number of benzene rings is 1. The Bertz CT molecular complexity index is 1130. The first-order valence-electron chi connectivity index (χ1n) is 9.09. The fraction of sp³-hybridized carbons (Fsp3) is 0.136. The molecule has 3 aromatic heterocycles. The second-order valence-corrected chi connectivity index (χ2v) is 6.53. The molecule has 146 valence electrons. The van der Waals surface area contributed by atoms with Crippen molar-refractivity contribution in [3.8, 4) is 0 Å². The minimum absolute atomic E-state index is 0.295. The standard InChI is InChI=1S/C22H19N3O4/c1-25-17-9-11-28-19(17)12-18(25)22(27)29-20(16-8-5-10-23-14-16)21(26)24-13-15-6-3-2-4-7-15/h2-12,14,20H,13H2,1H3,(H,24,26). The Balaban J connectivity index is 1.55. The second kappa shape index (κ2) is 8.02. The van der Waals surface area contributed by atoms with Gasteiger partial charge in [0.1, 0.15) is 5.69 Å². The number of nitrogens with one attached hydrogen (secondary N) is 1. The normalized spacial score (nSPS) is 11.9. The van der Waals surface area contributed by atoms with E-state index in [9.17, 15) is 9.59 Å². The molecule has 7 heteroatoms. The van der Waals surface area contributed by atoms with Crippen molar-refractivity contribution in [2.75, 3.05) is 0 Å². The van der Waals surface area contributed by atoms with Gasteiger partial charge in [0.2, 0.25) is 6.10 Å². The molecule has 1 unspecified atom stereocenters. The SMILES string of the molecule is Cn1c(C(=O)OC(C(=O)NCc2ccccc2)c2cccnc2)cc2occc21. The fourth-order valence-corrected chi connectivity index (χ4v) is 3.10. The van der Waals surface area contributed by atoms with Gasteiger partial charge in [0.05, 0.1) is 11.8 Å². The average Bonchev–Trinajstić information content (AvgIpc) is 3.34. The van der Waals surface area contributed by atoms with E-state index in [0.717, 1.165) is 11.1 Å². The minimum Gasteiger partial charge on any atom is -0.463 e. The summed E-state index contributed by atoms with van der Waals surface area (Å²) in [5, 5.41) is 2.82. The lowest BCUT2D eigenvalue weighted by molar-refractivity contribution is -0.130. The Morgan fingerprint density at radius 3 is 2.72 bits per heavy atom. The first kappa shape index (κ1) is 18.5. The highest BCUT2D eigenvalue weighted by molar-refractivity contribution is 5.95. The molecule has 1 N–H and O–H groups in total. The lowest BCUT2D eigenvalue weighted by Crippen LogP contribution is -2.32. The van der Waals surface area contributed by atoms with Gasteiger partial charge in [-0.3, -0.25) is 9.78 Å². The number of hydrogen-bond acceptors (Lipinski definition) is 5. The summed E-state index contributed by atoms with van der Waals surface area (Å²) in [5.41, 5.74) is 3.07. The van der Waals surface area contributed by atoms with Crippen LogP contribution in [-0.2, 0) is 23.1 Å². The molecule has 0 aliphatic heterocycles. The van der Waals surface area contributed by atoms with Crippen molar-refractivity contribution in [2.45, 2.75) is 12.6 Å². The third-order valence-corrected chi connectivity index (χ3v) is 4.63. The Labute approximate surface area is 166 Å². The molecule has 0 aliphatic rings. The summed E-state index contributed by atoms with van der Waals surface area (Å²) < 4.78 is 12.6. The zero-order valence-corrected chi connectivity index (χ0v) is 15.7. The smallest absolute Gasteiger partial charge is 0.356 e. The Kier molecular flexibility index (Phi) is 5.11. The van der Waals surface area contributed by atoms with E-state index in [1.54, 1.807) is 48.3 Å². The molecule has 3 heterocycles. The topological polar surface area (TPSA) is 86.4 Å². The molecule has 0 bridgehead atoms. The third-order valence-electron chi connectivity index (χ3n) is 4.63. The molecule has 1 atom stereocenters. The van der Waals surface area contributed by atoms with Gasteiger partial charge in [0.15, 0.2) is 5.58 Å². The number of carbonyl (C=O) groups excluding carboxylic acids is 2. The number of aromatic nitrogens is 2. The predicted molar refractivity (Wildman–Crippen MR) is 106 cm³/mol. The van der Waals surface area contributed by atoms with Crippen LogP contribution in [0, 0.1) is 0 Å². The second-order valence-electron chi connectivity index (χ2n) is 6.53. The van der Waals surface area contributed by atoms with Crippen LogP contribution in [0.2, 0.25) is 0 Å². The Morgan fingerprint density at radius 2 is 2.00 bits per heavy atom. The summed E-state index contributed by atoms with van der Waals surface area (Å²) in [6.07, 6.45) is 3.53. The van der Waals surface area contributed by atoms with Crippen LogP contribution in [-0.4, -0.2) is 21.4 Å². The maximum Gasteiger partial charge on any atom is 0.356 e. The Morgan fingerprint density at radius 1 is 1.17 bits per heavy atom. The number of amides is 1. The van der Waals surface area contributed by atoms with Crippen LogP contribution in [0.5, 0.6) is 0 Å². The van der Waals surface area contributed by atoms with Crippen molar-refractivity contribution < 1.29 is 18.7 Å². The highest BCUT2D eigenvalue weighted by Gasteiger charge is 2.27. The zero-order chi connectivity index (χ0) is 20.2. The molecule has 0 saturated carbocycles. The van der Waals surface area contributed by atoms with Crippen LogP contribution >= 0.6 is 0 Å². The molecule has 1 amide bonds. The van der Waals surface area contributed by atoms with E-state index < -0.39 is 18.0 Å². The number of hydrogen-bond donors (Lipinski definition) is 1. The number of aryl methyl sites for hydroxylation is 1. The van der Waals surface area contributed by atoms with E-state index >= 15 is 0 Å². The number of rotatable bonds is 6. The van der Waals surface area contributed by atoms with E-state index in [-0.39, 0.29) is 0 Å². The van der Waals surface area contributed by atoms with Gasteiger partial charge in [0, 0.05) is 43.7 Å². The summed E-state index contributed by atoms with van der Waals surface area (Å²) in [7, 11) is 1.74.